The summed E-state index contributed by atoms with van der Waals surface area (Å²) >= 11 is 0. The molecule has 10 nitrogen and oxygen atoms in total. The van der Waals surface area contributed by atoms with Crippen molar-refractivity contribution in [2.45, 2.75) is 45.4 Å². The van der Waals surface area contributed by atoms with Gasteiger partial charge in [0.2, 0.25) is 17.7 Å². The van der Waals surface area contributed by atoms with Gasteiger partial charge in [0.25, 0.3) is 0 Å². The summed E-state index contributed by atoms with van der Waals surface area (Å²) in [7, 11) is 0. The predicted octanol–water partition coefficient (Wildman–Crippen LogP) is 0.561. The molecule has 1 aliphatic heterocycles. The van der Waals surface area contributed by atoms with Gasteiger partial charge in [-0.05, 0) is 33.3 Å². The number of ether oxygens (including phenoxy) is 2. The van der Waals surface area contributed by atoms with Gasteiger partial charge in [0.1, 0.15) is 24.2 Å². The summed E-state index contributed by atoms with van der Waals surface area (Å²) in [5.74, 6) is -1.32. The van der Waals surface area contributed by atoms with Crippen molar-refractivity contribution in [1.82, 2.24) is 20.9 Å². The monoisotopic (exact) mass is 448 g/mol. The van der Waals surface area contributed by atoms with E-state index in [2.05, 4.69) is 16.0 Å². The van der Waals surface area contributed by atoms with E-state index in [0.717, 1.165) is 5.56 Å². The number of nitrogens with zero attached hydrogens (tertiary/aromatic N) is 1. The Bertz CT molecular complexity index is 819. The Morgan fingerprint density at radius 3 is 2.22 bits per heavy atom. The first-order valence-electron chi connectivity index (χ1n) is 10.5. The van der Waals surface area contributed by atoms with Crippen molar-refractivity contribution >= 4 is 23.8 Å². The highest BCUT2D eigenvalue weighted by molar-refractivity contribution is 5.96. The maximum absolute atomic E-state index is 12.8. The van der Waals surface area contributed by atoms with E-state index in [9.17, 15) is 19.2 Å². The number of rotatable bonds is 8. The molecular formula is C22H32N4O6. The van der Waals surface area contributed by atoms with Gasteiger partial charge in [-0.3, -0.25) is 14.4 Å². The molecule has 1 aromatic carbocycles. The van der Waals surface area contributed by atoms with Gasteiger partial charge in [0, 0.05) is 13.1 Å². The number of nitrogens with one attached hydrogen (secondary N) is 3. The molecule has 1 saturated heterocycles. The van der Waals surface area contributed by atoms with E-state index < -0.39 is 29.0 Å². The number of amides is 4. The van der Waals surface area contributed by atoms with Gasteiger partial charge >= 0.3 is 6.09 Å². The number of hydrogen-bond acceptors (Lipinski definition) is 6. The third kappa shape index (κ3) is 7.52. The second-order valence-electron chi connectivity index (χ2n) is 8.57. The fourth-order valence-electron chi connectivity index (χ4n) is 3.03. The molecule has 0 aliphatic carbocycles. The molecule has 10 heteroatoms. The molecule has 0 unspecified atom stereocenters. The molecule has 1 aromatic rings. The van der Waals surface area contributed by atoms with Gasteiger partial charge in [-0.25, -0.2) is 4.79 Å². The molecule has 0 saturated carbocycles. The van der Waals surface area contributed by atoms with E-state index >= 15 is 0 Å². The second-order valence-corrected chi connectivity index (χ2v) is 8.57. The van der Waals surface area contributed by atoms with Crippen LogP contribution in [-0.4, -0.2) is 72.6 Å². The summed E-state index contributed by atoms with van der Waals surface area (Å²) in [6.07, 6.45) is -0.747. The molecule has 1 fully saturated rings. The van der Waals surface area contributed by atoms with Gasteiger partial charge < -0.3 is 30.3 Å². The Kier molecular flexibility index (Phi) is 8.59. The minimum absolute atomic E-state index is 0.0778. The largest absolute Gasteiger partial charge is 0.445 e. The molecule has 0 spiro atoms. The molecule has 4 amide bonds. The standard InChI is InChI=1S/C22H32N4O6/c1-21(2,18(28)25-22(3,4)19(29)26-10-12-31-13-11-26)24-17(27)14-23-20(30)32-15-16-8-6-5-7-9-16/h5-9H,10-15H2,1-4H3,(H,23,30)(H,24,27)(H,25,28). The molecule has 32 heavy (non-hydrogen) atoms. The average molecular weight is 449 g/mol. The van der Waals surface area contributed by atoms with Gasteiger partial charge in [-0.2, -0.15) is 0 Å². The maximum Gasteiger partial charge on any atom is 0.407 e. The summed E-state index contributed by atoms with van der Waals surface area (Å²) in [5.41, 5.74) is -1.65. The molecule has 1 aliphatic rings. The minimum atomic E-state index is -1.31. The number of carbonyl (C=O) groups excluding carboxylic acids is 4. The van der Waals surface area contributed by atoms with Crippen LogP contribution < -0.4 is 16.0 Å². The quantitative estimate of drug-likeness (QED) is 0.534. The molecule has 1 heterocycles. The SMILES string of the molecule is CC(C)(NC(=O)CNC(=O)OCc1ccccc1)C(=O)NC(C)(C)C(=O)N1CCOCC1. The third-order valence-corrected chi connectivity index (χ3v) is 4.88. The molecular weight excluding hydrogens is 416 g/mol. The molecule has 3 N–H and O–H groups in total. The molecule has 2 rings (SSSR count). The molecule has 0 radical (unpaired) electrons. The lowest BCUT2D eigenvalue weighted by molar-refractivity contribution is -0.145. The van der Waals surface area contributed by atoms with Crippen molar-refractivity contribution in [1.29, 1.82) is 0 Å². The summed E-state index contributed by atoms with van der Waals surface area (Å²) in [5, 5.41) is 7.61. The number of morpholine rings is 1. The summed E-state index contributed by atoms with van der Waals surface area (Å²) in [4.78, 5) is 51.2. The van der Waals surface area contributed by atoms with Crippen LogP contribution in [0.3, 0.4) is 0 Å². The van der Waals surface area contributed by atoms with Crippen LogP contribution in [-0.2, 0) is 30.5 Å². The summed E-state index contributed by atoms with van der Waals surface area (Å²) < 4.78 is 10.3. The number of alkyl carbamates (subject to hydrolysis) is 1. The highest BCUT2D eigenvalue weighted by Gasteiger charge is 2.39. The first-order chi connectivity index (χ1) is 15.0. The number of benzene rings is 1. The van der Waals surface area contributed by atoms with E-state index in [-0.39, 0.29) is 19.1 Å². The Morgan fingerprint density at radius 1 is 0.969 bits per heavy atom. The second kappa shape index (κ2) is 10.9. The Balaban J connectivity index is 1.79. The zero-order valence-electron chi connectivity index (χ0n) is 19.0. The van der Waals surface area contributed by atoms with E-state index in [1.807, 2.05) is 30.3 Å². The maximum atomic E-state index is 12.8. The zero-order valence-corrected chi connectivity index (χ0v) is 19.0. The number of hydrogen-bond donors (Lipinski definition) is 3. The van der Waals surface area contributed by atoms with Crippen LogP contribution in [0.4, 0.5) is 4.79 Å². The lowest BCUT2D eigenvalue weighted by atomic mass is 9.98. The first kappa shape index (κ1) is 25.1. The number of carbonyl (C=O) groups is 4. The van der Waals surface area contributed by atoms with Gasteiger partial charge in [-0.1, -0.05) is 30.3 Å². The molecule has 0 aromatic heterocycles. The highest BCUT2D eigenvalue weighted by Crippen LogP contribution is 2.13. The molecule has 0 atom stereocenters. The minimum Gasteiger partial charge on any atom is -0.445 e. The third-order valence-electron chi connectivity index (χ3n) is 4.88. The summed E-state index contributed by atoms with van der Waals surface area (Å²) in [6.45, 7) is 7.82. The van der Waals surface area contributed by atoms with E-state index in [4.69, 9.17) is 9.47 Å². The van der Waals surface area contributed by atoms with Crippen LogP contribution in [0, 0.1) is 0 Å². The van der Waals surface area contributed by atoms with Crippen LogP contribution in [0.2, 0.25) is 0 Å². The van der Waals surface area contributed by atoms with Gasteiger partial charge in [0.15, 0.2) is 0 Å². The van der Waals surface area contributed by atoms with E-state index in [1.165, 1.54) is 13.8 Å². The van der Waals surface area contributed by atoms with Crippen LogP contribution in [0.1, 0.15) is 33.3 Å². The first-order valence-corrected chi connectivity index (χ1v) is 10.5. The Labute approximate surface area is 188 Å². The lowest BCUT2D eigenvalue weighted by Gasteiger charge is -2.36. The smallest absolute Gasteiger partial charge is 0.407 e. The highest BCUT2D eigenvalue weighted by atomic mass is 16.5. The topological polar surface area (TPSA) is 126 Å². The lowest BCUT2D eigenvalue weighted by Crippen LogP contribution is -2.64. The zero-order chi connectivity index (χ0) is 23.8. The van der Waals surface area contributed by atoms with Crippen molar-refractivity contribution in [3.63, 3.8) is 0 Å². The van der Waals surface area contributed by atoms with Gasteiger partial charge in [-0.15, -0.1) is 0 Å². The summed E-state index contributed by atoms with van der Waals surface area (Å²) in [6, 6.07) is 9.13. The van der Waals surface area contributed by atoms with Crippen LogP contribution in [0.25, 0.3) is 0 Å². The van der Waals surface area contributed by atoms with Crippen molar-refractivity contribution in [3.05, 3.63) is 35.9 Å². The van der Waals surface area contributed by atoms with Crippen molar-refractivity contribution in [3.8, 4) is 0 Å². The Morgan fingerprint density at radius 2 is 1.59 bits per heavy atom. The fraction of sp³-hybridized carbons (Fsp3) is 0.545. The van der Waals surface area contributed by atoms with E-state index in [0.29, 0.717) is 26.3 Å². The van der Waals surface area contributed by atoms with Crippen LogP contribution in [0.5, 0.6) is 0 Å². The Hall–Kier alpha value is -3.14. The molecule has 0 bridgehead atoms. The van der Waals surface area contributed by atoms with Gasteiger partial charge in [0.05, 0.1) is 13.2 Å². The fourth-order valence-corrected chi connectivity index (χ4v) is 3.03. The van der Waals surface area contributed by atoms with Crippen molar-refractivity contribution in [2.75, 3.05) is 32.8 Å². The normalized spacial score (nSPS) is 14.3. The predicted molar refractivity (Wildman–Crippen MR) is 116 cm³/mol. The van der Waals surface area contributed by atoms with Crippen molar-refractivity contribution < 1.29 is 28.7 Å². The van der Waals surface area contributed by atoms with Crippen LogP contribution >= 0.6 is 0 Å². The van der Waals surface area contributed by atoms with Crippen molar-refractivity contribution in [2.24, 2.45) is 0 Å². The van der Waals surface area contributed by atoms with Crippen LogP contribution in [0.15, 0.2) is 30.3 Å². The van der Waals surface area contributed by atoms with E-state index in [1.54, 1.807) is 18.7 Å². The average Bonchev–Trinajstić information content (AvgIpc) is 2.76. The molecule has 176 valence electrons.